The summed E-state index contributed by atoms with van der Waals surface area (Å²) in [5.74, 6) is 0. The van der Waals surface area contributed by atoms with Crippen LogP contribution in [-0.2, 0) is 6.42 Å². The molecule has 0 bridgehead atoms. The Balaban J connectivity index is 0.00000210. The van der Waals surface area contributed by atoms with Crippen LogP contribution < -0.4 is 5.32 Å². The van der Waals surface area contributed by atoms with Gasteiger partial charge in [0.25, 0.3) is 0 Å². The van der Waals surface area contributed by atoms with Crippen molar-refractivity contribution >= 4 is 50.7 Å². The average Bonchev–Trinajstić information content (AvgIpc) is 3.26. The molecule has 9 rings (SSSR count). The van der Waals surface area contributed by atoms with Crippen LogP contribution in [0.5, 0.6) is 0 Å². The summed E-state index contributed by atoms with van der Waals surface area (Å²) in [6.45, 7) is 9.71. The van der Waals surface area contributed by atoms with Gasteiger partial charge in [-0.3, -0.25) is 9.98 Å². The summed E-state index contributed by atoms with van der Waals surface area (Å²) in [6.07, 6.45) is 11.9. The second-order valence-electron chi connectivity index (χ2n) is 13.5. The van der Waals surface area contributed by atoms with Crippen LogP contribution in [0.25, 0.3) is 50.3 Å². The number of benzene rings is 5. The van der Waals surface area contributed by atoms with Gasteiger partial charge in [-0.25, -0.2) is 9.97 Å². The van der Waals surface area contributed by atoms with Gasteiger partial charge in [0.2, 0.25) is 0 Å². The molecule has 5 nitrogen and oxygen atoms in total. The minimum atomic E-state index is 0.0538. The minimum absolute atomic E-state index is 0.0538. The number of nitrogens with zero attached hydrogens (tertiary/aromatic N) is 4. The van der Waals surface area contributed by atoms with E-state index in [1.165, 1.54) is 22.3 Å². The summed E-state index contributed by atoms with van der Waals surface area (Å²) in [6, 6.07) is 45.1. The highest BCUT2D eigenvalue weighted by Gasteiger charge is 2.23. The summed E-state index contributed by atoms with van der Waals surface area (Å²) < 4.78 is 0. The maximum absolute atomic E-state index is 5.19. The average molecular weight is 714 g/mol. The Bertz CT molecular complexity index is 2670. The van der Waals surface area contributed by atoms with Crippen LogP contribution in [0.1, 0.15) is 61.2 Å². The van der Waals surface area contributed by atoms with Gasteiger partial charge < -0.3 is 5.32 Å². The van der Waals surface area contributed by atoms with E-state index in [2.05, 4.69) is 150 Å². The third kappa shape index (κ3) is 7.17. The molecule has 0 radical (unpaired) electrons. The van der Waals surface area contributed by atoms with E-state index >= 15 is 0 Å². The number of hydrogen-bond donors (Lipinski definition) is 1. The van der Waals surface area contributed by atoms with Gasteiger partial charge in [-0.2, -0.15) is 0 Å². The predicted molar refractivity (Wildman–Crippen MR) is 234 cm³/mol. The van der Waals surface area contributed by atoms with Crippen molar-refractivity contribution in [1.29, 1.82) is 0 Å². The molecule has 55 heavy (non-hydrogen) atoms. The Morgan fingerprint density at radius 3 is 2.16 bits per heavy atom. The molecule has 4 heterocycles. The Morgan fingerprint density at radius 2 is 1.44 bits per heavy atom. The fourth-order valence-corrected chi connectivity index (χ4v) is 7.38. The molecule has 0 spiro atoms. The molecule has 2 aliphatic heterocycles. The summed E-state index contributed by atoms with van der Waals surface area (Å²) in [5, 5.41) is 6.00. The normalized spacial score (nSPS) is 14.8. The summed E-state index contributed by atoms with van der Waals surface area (Å²) in [4.78, 5) is 19.5. The van der Waals surface area contributed by atoms with Crippen molar-refractivity contribution in [3.05, 3.63) is 186 Å². The van der Waals surface area contributed by atoms with Crippen molar-refractivity contribution in [2.75, 3.05) is 5.32 Å². The number of nitrogens with one attached hydrogen (secondary N) is 1. The van der Waals surface area contributed by atoms with E-state index in [9.17, 15) is 0 Å². The molecule has 0 aliphatic carbocycles. The Morgan fingerprint density at radius 1 is 0.727 bits per heavy atom. The predicted octanol–water partition coefficient (Wildman–Crippen LogP) is 12.9. The maximum atomic E-state index is 5.19. The lowest BCUT2D eigenvalue weighted by atomic mass is 9.92. The zero-order chi connectivity index (χ0) is 37.7. The van der Waals surface area contributed by atoms with Crippen molar-refractivity contribution < 1.29 is 0 Å². The highest BCUT2D eigenvalue weighted by molar-refractivity contribution is 6.08. The topological polar surface area (TPSA) is 62.5 Å². The number of pyridine rings is 2. The van der Waals surface area contributed by atoms with Gasteiger partial charge in [0.1, 0.15) is 0 Å². The minimum Gasteiger partial charge on any atom is -0.372 e. The van der Waals surface area contributed by atoms with Crippen LogP contribution in [0.2, 0.25) is 0 Å². The third-order valence-corrected chi connectivity index (χ3v) is 10.1. The van der Waals surface area contributed by atoms with Crippen molar-refractivity contribution in [2.24, 2.45) is 9.98 Å². The van der Waals surface area contributed by atoms with Crippen LogP contribution in [-0.4, -0.2) is 21.4 Å². The molecule has 268 valence electrons. The van der Waals surface area contributed by atoms with E-state index in [1.54, 1.807) is 6.20 Å². The molecule has 1 unspecified atom stereocenters. The Labute approximate surface area is 323 Å². The Kier molecular flexibility index (Phi) is 10.1. The molecular weight excluding hydrogens is 671 g/mol. The molecule has 7 aromatic rings. The highest BCUT2D eigenvalue weighted by Crippen LogP contribution is 2.42. The first-order chi connectivity index (χ1) is 27.1. The zero-order valence-electron chi connectivity index (χ0n) is 31.5. The van der Waals surface area contributed by atoms with Crippen LogP contribution in [0.3, 0.4) is 0 Å². The first-order valence-electron chi connectivity index (χ1n) is 19.1. The first kappa shape index (κ1) is 35.3. The molecule has 5 aromatic carbocycles. The van der Waals surface area contributed by atoms with Crippen molar-refractivity contribution in [3.8, 4) is 22.4 Å². The maximum Gasteiger partial charge on any atom is 0.0903 e. The summed E-state index contributed by atoms with van der Waals surface area (Å²) >= 11 is 0. The van der Waals surface area contributed by atoms with Crippen molar-refractivity contribution in [3.63, 3.8) is 0 Å². The van der Waals surface area contributed by atoms with Crippen molar-refractivity contribution in [1.82, 2.24) is 9.97 Å². The molecule has 0 saturated heterocycles. The van der Waals surface area contributed by atoms with Crippen LogP contribution >= 0.6 is 0 Å². The largest absolute Gasteiger partial charge is 0.372 e. The van der Waals surface area contributed by atoms with Gasteiger partial charge in [-0.05, 0) is 95.6 Å². The second-order valence-corrected chi connectivity index (χ2v) is 13.5. The summed E-state index contributed by atoms with van der Waals surface area (Å²) in [5.41, 5.74) is 16.1. The molecule has 1 N–H and O–H groups in total. The highest BCUT2D eigenvalue weighted by atomic mass is 15.0. The number of fused-ring (bicyclic) bond motifs is 5. The summed E-state index contributed by atoms with van der Waals surface area (Å²) in [7, 11) is 0. The van der Waals surface area contributed by atoms with Gasteiger partial charge >= 0.3 is 0 Å². The molecule has 0 saturated carbocycles. The van der Waals surface area contributed by atoms with Gasteiger partial charge in [-0.15, -0.1) is 0 Å². The monoisotopic (exact) mass is 713 g/mol. The molecule has 0 amide bonds. The smallest absolute Gasteiger partial charge is 0.0903 e. The van der Waals surface area contributed by atoms with E-state index in [1.807, 2.05) is 39.0 Å². The van der Waals surface area contributed by atoms with Crippen LogP contribution in [0.4, 0.5) is 11.4 Å². The lowest BCUT2D eigenvalue weighted by Gasteiger charge is -2.27. The van der Waals surface area contributed by atoms with E-state index in [4.69, 9.17) is 15.0 Å². The SMILES string of the molecule is C=CN=C(/C=C\C)c1ccc2cc(-c3ccc4nc(-c5ccc(C6C=Cc7ccc8c(c7N6)N=C(c6ccccc6)CC8)cc5)ccc4c3)ccc2n1.CC. The molecule has 2 aliphatic rings. The van der Waals surface area contributed by atoms with Gasteiger partial charge in [0.05, 0.1) is 45.5 Å². The fourth-order valence-electron chi connectivity index (χ4n) is 7.38. The standard InChI is InChI=1S/C48H37N5.C2H6/c1-3-8-45(49-4-2)46-28-22-39-30-37(20-26-44(39)51-46)36-19-25-43-38(29-36)21-27-40(50-43)32-11-13-33(14-12-32)42-24-18-35-16-15-34-17-23-41(31-9-6-5-7-10-31)52-47(34)48(35)53-42;1-2/h3-16,18-22,24-30,42,53H,2,17,23H2,1H3;1-2H3/b8-3-,49-45?;. The van der Waals surface area contributed by atoms with Gasteiger partial charge in [-0.1, -0.05) is 130 Å². The molecule has 2 aromatic heterocycles. The number of allylic oxidation sites excluding steroid dienone is 2. The van der Waals surface area contributed by atoms with E-state index in [-0.39, 0.29) is 6.04 Å². The third-order valence-electron chi connectivity index (χ3n) is 10.1. The number of hydrogen-bond acceptors (Lipinski definition) is 5. The van der Waals surface area contributed by atoms with Crippen molar-refractivity contribution in [2.45, 2.75) is 39.7 Å². The number of anilines is 1. The lowest BCUT2D eigenvalue weighted by molar-refractivity contribution is 0.963. The molecule has 0 fully saturated rings. The first-order valence-corrected chi connectivity index (χ1v) is 19.1. The number of aliphatic imine (C=N–C) groups is 2. The molecule has 1 atom stereocenters. The zero-order valence-corrected chi connectivity index (χ0v) is 31.5. The van der Waals surface area contributed by atoms with Gasteiger partial charge in [0, 0.05) is 28.2 Å². The van der Waals surface area contributed by atoms with E-state index in [0.717, 1.165) is 85.5 Å². The number of rotatable bonds is 7. The lowest BCUT2D eigenvalue weighted by Crippen LogP contribution is -2.15. The van der Waals surface area contributed by atoms with Gasteiger partial charge in [0.15, 0.2) is 0 Å². The molecule has 5 heteroatoms. The molecular formula is C50H43N5. The quantitative estimate of drug-likeness (QED) is 0.167. The Hall–Kier alpha value is -6.72. The van der Waals surface area contributed by atoms with Crippen LogP contribution in [0, 0.1) is 0 Å². The number of aryl methyl sites for hydroxylation is 1. The second kappa shape index (κ2) is 15.7. The fraction of sp³-hybridized carbons (Fsp3) is 0.120. The van der Waals surface area contributed by atoms with E-state index < -0.39 is 0 Å². The van der Waals surface area contributed by atoms with Crippen LogP contribution in [0.15, 0.2) is 168 Å². The van der Waals surface area contributed by atoms with E-state index in [0.29, 0.717) is 0 Å². The number of aromatic nitrogens is 2.